The molecule has 0 bridgehead atoms. The molecule has 1 aromatic carbocycles. The predicted molar refractivity (Wildman–Crippen MR) is 83.0 cm³/mol. The average molecular weight is 284 g/mol. The highest BCUT2D eigenvalue weighted by atomic mass is 35.5. The Labute approximate surface area is 122 Å². The van der Waals surface area contributed by atoms with Crippen molar-refractivity contribution in [3.8, 4) is 5.75 Å². The number of rotatable bonds is 7. The first-order chi connectivity index (χ1) is 8.92. The van der Waals surface area contributed by atoms with Gasteiger partial charge in [-0.2, -0.15) is 0 Å². The molecular formula is C16H26ClNO. The van der Waals surface area contributed by atoms with E-state index in [0.717, 1.165) is 31.7 Å². The molecule has 3 heteroatoms. The average Bonchev–Trinajstić information content (AvgIpc) is 2.31. The first-order valence-electron chi connectivity index (χ1n) is 7.04. The fraction of sp³-hybridized carbons (Fsp3) is 0.625. The fourth-order valence-corrected chi connectivity index (χ4v) is 1.91. The number of hydrogen-bond acceptors (Lipinski definition) is 2. The summed E-state index contributed by atoms with van der Waals surface area (Å²) in [6.45, 7) is 11.4. The van der Waals surface area contributed by atoms with Crippen LogP contribution in [0.4, 0.5) is 0 Å². The molecule has 0 spiro atoms. The Bertz CT molecular complexity index is 385. The zero-order chi connectivity index (χ0) is 14.3. The van der Waals surface area contributed by atoms with Crippen LogP contribution in [0.3, 0.4) is 0 Å². The zero-order valence-corrected chi connectivity index (χ0v) is 13.3. The van der Waals surface area contributed by atoms with Crippen LogP contribution in [-0.2, 0) is 6.54 Å². The third kappa shape index (κ3) is 6.84. The van der Waals surface area contributed by atoms with Gasteiger partial charge < -0.3 is 10.1 Å². The fourth-order valence-electron chi connectivity index (χ4n) is 1.65. The molecule has 0 atom stereocenters. The second-order valence-electron chi connectivity index (χ2n) is 6.10. The zero-order valence-electron chi connectivity index (χ0n) is 12.6. The lowest BCUT2D eigenvalue weighted by molar-refractivity contribution is 0.243. The van der Waals surface area contributed by atoms with Gasteiger partial charge in [0.1, 0.15) is 5.75 Å². The topological polar surface area (TPSA) is 21.3 Å². The summed E-state index contributed by atoms with van der Waals surface area (Å²) in [4.78, 5) is 0. The van der Waals surface area contributed by atoms with Crippen molar-refractivity contribution in [3.05, 3.63) is 28.8 Å². The Balaban J connectivity index is 2.48. The Morgan fingerprint density at radius 1 is 1.26 bits per heavy atom. The van der Waals surface area contributed by atoms with Gasteiger partial charge in [-0.1, -0.05) is 45.4 Å². The van der Waals surface area contributed by atoms with Gasteiger partial charge in [0.05, 0.1) is 11.6 Å². The van der Waals surface area contributed by atoms with E-state index in [2.05, 4.69) is 39.1 Å². The maximum absolute atomic E-state index is 6.24. The second kappa shape index (κ2) is 7.76. The summed E-state index contributed by atoms with van der Waals surface area (Å²) in [6, 6.07) is 6.02. The molecule has 0 aliphatic heterocycles. The van der Waals surface area contributed by atoms with Crippen molar-refractivity contribution in [1.29, 1.82) is 0 Å². The molecule has 108 valence electrons. The molecule has 1 rings (SSSR count). The van der Waals surface area contributed by atoms with Crippen molar-refractivity contribution in [1.82, 2.24) is 5.32 Å². The highest BCUT2D eigenvalue weighted by molar-refractivity contribution is 6.32. The molecule has 0 heterocycles. The lowest BCUT2D eigenvalue weighted by atomic mass is 9.93. The van der Waals surface area contributed by atoms with Crippen molar-refractivity contribution in [3.63, 3.8) is 0 Å². The number of benzene rings is 1. The quantitative estimate of drug-likeness (QED) is 0.735. The van der Waals surface area contributed by atoms with E-state index in [-0.39, 0.29) is 5.41 Å². The van der Waals surface area contributed by atoms with Gasteiger partial charge in [-0.25, -0.2) is 0 Å². The minimum absolute atomic E-state index is 0.288. The minimum atomic E-state index is 0.288. The SMILES string of the molecule is CCCNCc1ccc(OCCC(C)(C)C)c(Cl)c1. The van der Waals surface area contributed by atoms with Crippen molar-refractivity contribution in [2.24, 2.45) is 5.41 Å². The van der Waals surface area contributed by atoms with Crippen molar-refractivity contribution in [2.75, 3.05) is 13.2 Å². The van der Waals surface area contributed by atoms with Gasteiger partial charge in [0.25, 0.3) is 0 Å². The van der Waals surface area contributed by atoms with Gasteiger partial charge >= 0.3 is 0 Å². The number of hydrogen-bond donors (Lipinski definition) is 1. The molecule has 0 fully saturated rings. The van der Waals surface area contributed by atoms with Crippen LogP contribution in [0, 0.1) is 5.41 Å². The summed E-state index contributed by atoms with van der Waals surface area (Å²) < 4.78 is 5.74. The van der Waals surface area contributed by atoms with Crippen molar-refractivity contribution < 1.29 is 4.74 Å². The Morgan fingerprint density at radius 2 is 2.00 bits per heavy atom. The van der Waals surface area contributed by atoms with Crippen LogP contribution < -0.4 is 10.1 Å². The monoisotopic (exact) mass is 283 g/mol. The molecule has 2 nitrogen and oxygen atoms in total. The normalized spacial score (nSPS) is 11.6. The van der Waals surface area contributed by atoms with E-state index in [1.165, 1.54) is 5.56 Å². The third-order valence-electron chi connectivity index (χ3n) is 2.86. The maximum Gasteiger partial charge on any atom is 0.137 e. The molecule has 0 unspecified atom stereocenters. The molecule has 19 heavy (non-hydrogen) atoms. The molecule has 1 N–H and O–H groups in total. The third-order valence-corrected chi connectivity index (χ3v) is 3.16. The van der Waals surface area contributed by atoms with E-state index in [4.69, 9.17) is 16.3 Å². The van der Waals surface area contributed by atoms with E-state index in [9.17, 15) is 0 Å². The van der Waals surface area contributed by atoms with Gasteiger partial charge in [0.2, 0.25) is 0 Å². The van der Waals surface area contributed by atoms with Crippen LogP contribution in [0.25, 0.3) is 0 Å². The lowest BCUT2D eigenvalue weighted by Gasteiger charge is -2.18. The summed E-state index contributed by atoms with van der Waals surface area (Å²) in [6.07, 6.45) is 2.16. The van der Waals surface area contributed by atoms with Crippen LogP contribution in [0.1, 0.15) is 46.1 Å². The minimum Gasteiger partial charge on any atom is -0.492 e. The molecule has 0 saturated heterocycles. The Hall–Kier alpha value is -0.730. The smallest absolute Gasteiger partial charge is 0.137 e. The van der Waals surface area contributed by atoms with Crippen LogP contribution >= 0.6 is 11.6 Å². The summed E-state index contributed by atoms with van der Waals surface area (Å²) in [5.41, 5.74) is 1.48. The lowest BCUT2D eigenvalue weighted by Crippen LogP contribution is -2.14. The molecule has 0 amide bonds. The van der Waals surface area contributed by atoms with E-state index in [1.54, 1.807) is 0 Å². The summed E-state index contributed by atoms with van der Waals surface area (Å²) in [7, 11) is 0. The molecule has 0 aliphatic rings. The van der Waals surface area contributed by atoms with Gasteiger partial charge in [-0.3, -0.25) is 0 Å². The number of nitrogens with one attached hydrogen (secondary N) is 1. The second-order valence-corrected chi connectivity index (χ2v) is 6.51. The van der Waals surface area contributed by atoms with Crippen molar-refractivity contribution >= 4 is 11.6 Å². The van der Waals surface area contributed by atoms with Crippen LogP contribution in [-0.4, -0.2) is 13.2 Å². The van der Waals surface area contributed by atoms with Gasteiger partial charge in [-0.15, -0.1) is 0 Å². The first-order valence-corrected chi connectivity index (χ1v) is 7.42. The number of ether oxygens (including phenoxy) is 1. The summed E-state index contributed by atoms with van der Waals surface area (Å²) in [5, 5.41) is 4.06. The Kier molecular flexibility index (Phi) is 6.67. The first kappa shape index (κ1) is 16.3. The van der Waals surface area contributed by atoms with E-state index in [1.807, 2.05) is 12.1 Å². The molecular weight excluding hydrogens is 258 g/mol. The molecule has 0 aliphatic carbocycles. The summed E-state index contributed by atoms with van der Waals surface area (Å²) in [5.74, 6) is 0.783. The van der Waals surface area contributed by atoms with E-state index in [0.29, 0.717) is 11.6 Å². The van der Waals surface area contributed by atoms with Crippen LogP contribution in [0.5, 0.6) is 5.75 Å². The van der Waals surface area contributed by atoms with E-state index >= 15 is 0 Å². The predicted octanol–water partition coefficient (Wildman–Crippen LogP) is 4.65. The molecule has 0 saturated carbocycles. The molecule has 0 aromatic heterocycles. The van der Waals surface area contributed by atoms with Crippen molar-refractivity contribution in [2.45, 2.75) is 47.1 Å². The van der Waals surface area contributed by atoms with Crippen LogP contribution in [0.15, 0.2) is 18.2 Å². The summed E-state index contributed by atoms with van der Waals surface area (Å²) >= 11 is 6.24. The van der Waals surface area contributed by atoms with Gasteiger partial charge in [0.15, 0.2) is 0 Å². The highest BCUT2D eigenvalue weighted by Gasteiger charge is 2.11. The Morgan fingerprint density at radius 3 is 2.58 bits per heavy atom. The van der Waals surface area contributed by atoms with Gasteiger partial charge in [0, 0.05) is 6.54 Å². The van der Waals surface area contributed by atoms with Gasteiger partial charge in [-0.05, 0) is 42.5 Å². The standard InChI is InChI=1S/C16H26ClNO/c1-5-9-18-12-13-6-7-15(14(17)11-13)19-10-8-16(2,3)4/h6-7,11,18H,5,8-10,12H2,1-4H3. The largest absolute Gasteiger partial charge is 0.492 e. The number of halogens is 1. The highest BCUT2D eigenvalue weighted by Crippen LogP contribution is 2.27. The maximum atomic E-state index is 6.24. The molecule has 0 radical (unpaired) electrons. The molecule has 1 aromatic rings. The van der Waals surface area contributed by atoms with E-state index < -0.39 is 0 Å². The van der Waals surface area contributed by atoms with Crippen LogP contribution in [0.2, 0.25) is 5.02 Å².